The molecule has 0 unspecified atom stereocenters. The van der Waals surface area contributed by atoms with Gasteiger partial charge in [0.1, 0.15) is 0 Å². The first-order valence-corrected chi connectivity index (χ1v) is 25.4. The van der Waals surface area contributed by atoms with Crippen LogP contribution in [0.25, 0.3) is 76.8 Å². The zero-order valence-corrected chi connectivity index (χ0v) is 43.5. The van der Waals surface area contributed by atoms with E-state index in [1.54, 1.807) is 36.4 Å². The first-order chi connectivity index (χ1) is 40.9. The molecule has 0 saturated carbocycles. The van der Waals surface area contributed by atoms with Crippen LogP contribution in [0.5, 0.6) is 0 Å². The molecule has 76 heavy (non-hydrogen) atoms. The van der Waals surface area contributed by atoms with Crippen LogP contribution >= 0.6 is 0 Å². The van der Waals surface area contributed by atoms with Gasteiger partial charge in [0, 0.05) is 33.3 Å². The molecule has 12 aromatic carbocycles. The maximum Gasteiger partial charge on any atom is 0.155 e. The lowest BCUT2D eigenvalue weighted by Gasteiger charge is -2.30. The Bertz CT molecular complexity index is 4500. The lowest BCUT2D eigenvalue weighted by Crippen LogP contribution is -2.14. The van der Waals surface area contributed by atoms with Crippen LogP contribution in [-0.4, -0.2) is 0 Å². The fraction of sp³-hybridized carbons (Fsp3) is 0.111. The molecule has 0 aromatic heterocycles. The molecule has 0 aliphatic heterocycles. The number of aryl methyl sites for hydroxylation is 8. The quantitative estimate of drug-likeness (QED) is 0.126. The van der Waals surface area contributed by atoms with E-state index in [4.69, 9.17) is 8.22 Å². The topological polar surface area (TPSA) is 6.48 Å². The minimum absolute atomic E-state index is 0.0886. The van der Waals surface area contributed by atoms with Gasteiger partial charge in [0.05, 0.1) is 36.5 Å². The van der Waals surface area contributed by atoms with Crippen LogP contribution in [-0.2, 0) is 0 Å². The molecule has 0 amide bonds. The summed E-state index contributed by atoms with van der Waals surface area (Å²) in [6.07, 6.45) is 0. The van der Waals surface area contributed by atoms with Crippen molar-refractivity contribution in [3.05, 3.63) is 262 Å². The van der Waals surface area contributed by atoms with E-state index >= 15 is 8.78 Å². The van der Waals surface area contributed by atoms with E-state index in [1.807, 2.05) is 165 Å². The second-order valence-electron chi connectivity index (χ2n) is 20.1. The Kier molecular flexibility index (Phi) is 9.51. The Labute approximate surface area is 459 Å². The van der Waals surface area contributed by atoms with Gasteiger partial charge < -0.3 is 9.80 Å². The summed E-state index contributed by atoms with van der Waals surface area (Å²) in [4.78, 5) is 2.86. The highest BCUT2D eigenvalue weighted by Gasteiger charge is 2.27. The summed E-state index contributed by atoms with van der Waals surface area (Å²) in [6.45, 7) is 15.9. The minimum atomic E-state index is -0.708. The highest BCUT2D eigenvalue weighted by molar-refractivity contribution is 6.28. The van der Waals surface area contributed by atoms with Gasteiger partial charge in [0.15, 0.2) is 11.6 Å². The fourth-order valence-electron chi connectivity index (χ4n) is 10.6. The molecule has 12 aromatic rings. The molecule has 0 bridgehead atoms. The van der Waals surface area contributed by atoms with Gasteiger partial charge in [0.2, 0.25) is 0 Å². The van der Waals surface area contributed by atoms with Crippen molar-refractivity contribution >= 4 is 66.4 Å². The first kappa shape index (κ1) is 37.8. The van der Waals surface area contributed by atoms with Gasteiger partial charge in [-0.1, -0.05) is 145 Å². The van der Waals surface area contributed by atoms with Crippen molar-refractivity contribution in [2.45, 2.75) is 55.4 Å². The fourth-order valence-corrected chi connectivity index (χ4v) is 10.6. The zero-order chi connectivity index (χ0) is 61.2. The van der Waals surface area contributed by atoms with E-state index in [-0.39, 0.29) is 45.3 Å². The number of halogens is 2. The lowest BCUT2D eigenvalue weighted by atomic mass is 9.90. The normalized spacial score (nSPS) is 13.4. The van der Waals surface area contributed by atoms with Gasteiger partial charge in [0.25, 0.3) is 0 Å². The Balaban J connectivity index is 1.19. The summed E-state index contributed by atoms with van der Waals surface area (Å²) in [5, 5.41) is 3.60. The van der Waals surface area contributed by atoms with E-state index in [2.05, 4.69) is 0 Å². The Morgan fingerprint density at radius 1 is 0.303 bits per heavy atom. The SMILES string of the molecule is [2H]c1c([2H])c([2H])c(N(c2cc(-c3ccc(C)c(C)c3)cc(-c3ccc(C)c(C)c3)c2F)c2ccc3ccc4c(N(c5cc(-c6ccc(C)c(C)c6)cc(-c6ccc(C)c(C)c6)c5F)c5c([2H])c([2H])c([2H])c([2H])c5[2H])ccc5ccc2c3c54)c([2H])c1[2H]. The predicted molar refractivity (Wildman–Crippen MR) is 319 cm³/mol. The van der Waals surface area contributed by atoms with Gasteiger partial charge in [-0.2, -0.15) is 0 Å². The minimum Gasteiger partial charge on any atom is -0.307 e. The number of nitrogens with zero attached hydrogens (tertiary/aromatic N) is 2. The maximum atomic E-state index is 18.6. The third-order valence-electron chi connectivity index (χ3n) is 15.4. The van der Waals surface area contributed by atoms with Crippen LogP contribution in [0.1, 0.15) is 58.2 Å². The van der Waals surface area contributed by atoms with Crippen molar-refractivity contribution in [1.29, 1.82) is 0 Å². The van der Waals surface area contributed by atoms with E-state index < -0.39 is 72.1 Å². The van der Waals surface area contributed by atoms with E-state index in [9.17, 15) is 5.48 Å². The molecule has 0 aliphatic rings. The standard InChI is InChI=1S/C72H58F2N2/c1-43-19-23-53(35-47(43)5)57-39-63(55-25-21-45(3)49(7)37-55)71(73)67(41-57)75(59-15-11-9-12-16-59)65-33-29-51-28-32-62-66(34-30-52-27-31-61(65)69(51)70(52)62)76(60-17-13-10-14-18-60)68-42-58(54-24-20-44(2)48(6)36-54)40-64(72(68)74)56-26-22-46(4)50(8)38-56/h9-42H,1-8H3/i9D,10D,11D,12D,13D,14D,15D,16D,17D,18D. The first-order valence-electron chi connectivity index (χ1n) is 30.4. The van der Waals surface area contributed by atoms with Crippen molar-refractivity contribution in [2.75, 3.05) is 9.80 Å². The van der Waals surface area contributed by atoms with E-state index in [0.29, 0.717) is 54.6 Å². The second-order valence-corrected chi connectivity index (χ2v) is 20.1. The van der Waals surface area contributed by atoms with Crippen molar-refractivity contribution in [2.24, 2.45) is 0 Å². The molecular formula is C72H58F2N2. The van der Waals surface area contributed by atoms with Crippen LogP contribution in [0.4, 0.5) is 42.9 Å². The number of hydrogen-bond acceptors (Lipinski definition) is 2. The third-order valence-corrected chi connectivity index (χ3v) is 15.4. The second kappa shape index (κ2) is 19.1. The Morgan fingerprint density at radius 2 is 0.632 bits per heavy atom. The summed E-state index contributed by atoms with van der Waals surface area (Å²) < 4.78 is 129. The third kappa shape index (κ3) is 8.35. The largest absolute Gasteiger partial charge is 0.307 e. The molecule has 0 heterocycles. The van der Waals surface area contributed by atoms with Gasteiger partial charge in [-0.3, -0.25) is 0 Å². The molecule has 0 spiro atoms. The number of hydrogen-bond donors (Lipinski definition) is 0. The number of rotatable bonds is 10. The molecule has 0 N–H and O–H groups in total. The summed E-state index contributed by atoms with van der Waals surface area (Å²) in [6, 6.07) is 38.8. The van der Waals surface area contributed by atoms with Gasteiger partial charge in [-0.05, 0) is 215 Å². The molecule has 370 valence electrons. The van der Waals surface area contributed by atoms with Crippen molar-refractivity contribution < 1.29 is 22.5 Å². The van der Waals surface area contributed by atoms with Gasteiger partial charge >= 0.3 is 0 Å². The van der Waals surface area contributed by atoms with Crippen molar-refractivity contribution in [3.8, 4) is 44.5 Å². The molecule has 0 saturated heterocycles. The van der Waals surface area contributed by atoms with Crippen LogP contribution in [0, 0.1) is 67.0 Å². The maximum absolute atomic E-state index is 18.6. The zero-order valence-electron chi connectivity index (χ0n) is 53.5. The molecule has 0 atom stereocenters. The highest BCUT2D eigenvalue weighted by Crippen LogP contribution is 2.50. The van der Waals surface area contributed by atoms with Crippen LogP contribution in [0.15, 0.2) is 206 Å². The lowest BCUT2D eigenvalue weighted by molar-refractivity contribution is 0.632. The molecule has 4 heteroatoms. The molecule has 0 radical (unpaired) electrons. The summed E-state index contributed by atoms with van der Waals surface area (Å²) >= 11 is 0. The van der Waals surface area contributed by atoms with Crippen molar-refractivity contribution in [3.63, 3.8) is 0 Å². The van der Waals surface area contributed by atoms with E-state index in [0.717, 1.165) is 55.6 Å². The highest BCUT2D eigenvalue weighted by atomic mass is 19.1. The smallest absolute Gasteiger partial charge is 0.155 e. The number of para-hydroxylation sites is 2. The van der Waals surface area contributed by atoms with Crippen LogP contribution in [0.3, 0.4) is 0 Å². The predicted octanol–water partition coefficient (Wildman–Crippen LogP) is 20.9. The number of anilines is 6. The molecule has 12 rings (SSSR count). The average Bonchev–Trinajstić information content (AvgIpc) is 0.740. The summed E-state index contributed by atoms with van der Waals surface area (Å²) in [7, 11) is 0. The Morgan fingerprint density at radius 3 is 0.987 bits per heavy atom. The Hall–Kier alpha value is -8.86. The number of benzene rings is 12. The molecule has 0 fully saturated rings. The molecule has 2 nitrogen and oxygen atoms in total. The molecular weight excluding hydrogens is 931 g/mol. The van der Waals surface area contributed by atoms with Crippen molar-refractivity contribution in [1.82, 2.24) is 0 Å². The van der Waals surface area contributed by atoms with E-state index in [1.165, 1.54) is 9.80 Å². The van der Waals surface area contributed by atoms with Crippen LogP contribution < -0.4 is 9.80 Å². The monoisotopic (exact) mass is 999 g/mol. The summed E-state index contributed by atoms with van der Waals surface area (Å²) in [5.74, 6) is -1.42. The van der Waals surface area contributed by atoms with Gasteiger partial charge in [-0.15, -0.1) is 0 Å². The van der Waals surface area contributed by atoms with Gasteiger partial charge in [-0.25, -0.2) is 8.78 Å². The molecule has 0 aliphatic carbocycles. The average molecular weight is 999 g/mol. The summed E-state index contributed by atoms with van der Waals surface area (Å²) in [5.41, 5.74) is 12.1. The van der Waals surface area contributed by atoms with Crippen LogP contribution in [0.2, 0.25) is 0 Å².